The van der Waals surface area contributed by atoms with Gasteiger partial charge in [-0.3, -0.25) is 10.1 Å². The van der Waals surface area contributed by atoms with Crippen molar-refractivity contribution in [3.63, 3.8) is 0 Å². The predicted octanol–water partition coefficient (Wildman–Crippen LogP) is 4.37. The smallest absolute Gasteiger partial charge is 0.405 e. The molecule has 0 aliphatic carbocycles. The summed E-state index contributed by atoms with van der Waals surface area (Å²) < 4.78 is 10.7. The molecule has 0 fully saturated rings. The maximum atomic E-state index is 11.1. The minimum atomic E-state index is -0.981. The lowest BCUT2D eigenvalue weighted by atomic mass is 9.98. The van der Waals surface area contributed by atoms with Gasteiger partial charge in [0.25, 0.3) is 0 Å². The molecule has 0 unspecified atom stereocenters. The van der Waals surface area contributed by atoms with Gasteiger partial charge < -0.3 is 15.2 Å². The van der Waals surface area contributed by atoms with E-state index >= 15 is 0 Å². The molecule has 0 atom stereocenters. The van der Waals surface area contributed by atoms with E-state index in [1.54, 1.807) is 38.1 Å². The van der Waals surface area contributed by atoms with Crippen LogP contribution in [0.1, 0.15) is 19.4 Å². The standard InChI is InChI=1S/C16H15ClN2O5/c1-16(2,24-15(18)20)10-4-3-5-12(8-10)23-14-9-11(17)6-7-13(14)19(21)22/h3-9H,1-2H3,(H2,18,20). The number of nitro groups is 1. The number of hydrogen-bond acceptors (Lipinski definition) is 5. The predicted molar refractivity (Wildman–Crippen MR) is 88.3 cm³/mol. The Kier molecular flexibility index (Phi) is 4.94. The van der Waals surface area contributed by atoms with Crippen LogP contribution < -0.4 is 10.5 Å². The third-order valence-corrected chi connectivity index (χ3v) is 3.47. The van der Waals surface area contributed by atoms with Crippen LogP contribution in [-0.2, 0) is 10.3 Å². The Labute approximate surface area is 143 Å². The lowest BCUT2D eigenvalue weighted by Crippen LogP contribution is -2.28. The van der Waals surface area contributed by atoms with Crippen LogP contribution in [0.15, 0.2) is 42.5 Å². The molecule has 2 N–H and O–H groups in total. The maximum Gasteiger partial charge on any atom is 0.405 e. The Morgan fingerprint density at radius 1 is 1.25 bits per heavy atom. The quantitative estimate of drug-likeness (QED) is 0.636. The monoisotopic (exact) mass is 350 g/mol. The summed E-state index contributed by atoms with van der Waals surface area (Å²) in [6.07, 6.45) is -0.906. The van der Waals surface area contributed by atoms with Crippen molar-refractivity contribution in [2.24, 2.45) is 5.73 Å². The van der Waals surface area contributed by atoms with Crippen molar-refractivity contribution < 1.29 is 19.2 Å². The largest absolute Gasteiger partial charge is 0.450 e. The van der Waals surface area contributed by atoms with Gasteiger partial charge in [-0.25, -0.2) is 4.79 Å². The molecule has 7 nitrogen and oxygen atoms in total. The average molecular weight is 351 g/mol. The van der Waals surface area contributed by atoms with Crippen LogP contribution in [0.25, 0.3) is 0 Å². The zero-order valence-corrected chi connectivity index (χ0v) is 13.7. The molecule has 1 amide bonds. The topological polar surface area (TPSA) is 105 Å². The van der Waals surface area contributed by atoms with Crippen LogP contribution in [0.2, 0.25) is 5.02 Å². The SMILES string of the molecule is CC(C)(OC(N)=O)c1cccc(Oc2cc(Cl)ccc2[N+](=O)[O-])c1. The molecule has 0 radical (unpaired) electrons. The van der Waals surface area contributed by atoms with Crippen LogP contribution in [0, 0.1) is 10.1 Å². The molecule has 0 aromatic heterocycles. The number of hydrogen-bond donors (Lipinski definition) is 1. The van der Waals surface area contributed by atoms with Crippen molar-refractivity contribution in [2.45, 2.75) is 19.4 Å². The first kappa shape index (κ1) is 17.6. The summed E-state index contributed by atoms with van der Waals surface area (Å²) in [5, 5.41) is 11.4. The fourth-order valence-corrected chi connectivity index (χ4v) is 2.25. The molecule has 24 heavy (non-hydrogen) atoms. The molecule has 2 aromatic rings. The van der Waals surface area contributed by atoms with Crippen molar-refractivity contribution in [2.75, 3.05) is 0 Å². The molecular formula is C16H15ClN2O5. The third kappa shape index (κ3) is 4.14. The zero-order valence-electron chi connectivity index (χ0n) is 13.0. The van der Waals surface area contributed by atoms with Crippen LogP contribution >= 0.6 is 11.6 Å². The lowest BCUT2D eigenvalue weighted by Gasteiger charge is -2.24. The second-order valence-corrected chi connectivity index (χ2v) is 5.87. The second-order valence-electron chi connectivity index (χ2n) is 5.43. The first-order valence-corrected chi connectivity index (χ1v) is 7.27. The van der Waals surface area contributed by atoms with E-state index in [1.807, 2.05) is 0 Å². The van der Waals surface area contributed by atoms with Gasteiger partial charge in [-0.2, -0.15) is 0 Å². The first-order valence-electron chi connectivity index (χ1n) is 6.90. The number of nitro benzene ring substituents is 1. The summed E-state index contributed by atoms with van der Waals surface area (Å²) in [6.45, 7) is 3.33. The van der Waals surface area contributed by atoms with Gasteiger partial charge in [0.1, 0.15) is 11.4 Å². The zero-order chi connectivity index (χ0) is 17.9. The molecule has 2 rings (SSSR count). The minimum Gasteiger partial charge on any atom is -0.450 e. The molecule has 0 aliphatic heterocycles. The van der Waals surface area contributed by atoms with E-state index in [0.717, 1.165) is 0 Å². The molecule has 0 bridgehead atoms. The fourth-order valence-electron chi connectivity index (χ4n) is 2.09. The molecule has 0 saturated heterocycles. The summed E-state index contributed by atoms with van der Waals surface area (Å²) in [7, 11) is 0. The number of nitrogens with two attached hydrogens (primary N) is 1. The van der Waals surface area contributed by atoms with Gasteiger partial charge in [-0.05, 0) is 37.6 Å². The summed E-state index contributed by atoms with van der Waals surface area (Å²) in [6, 6.07) is 10.7. The third-order valence-electron chi connectivity index (χ3n) is 3.23. The van der Waals surface area contributed by atoms with Gasteiger partial charge in [0, 0.05) is 17.2 Å². The van der Waals surface area contributed by atoms with Gasteiger partial charge in [-0.15, -0.1) is 0 Å². The van der Waals surface area contributed by atoms with Crippen molar-refractivity contribution in [1.29, 1.82) is 0 Å². The van der Waals surface area contributed by atoms with Crippen LogP contribution in [0.5, 0.6) is 11.5 Å². The Bertz CT molecular complexity index is 792. The summed E-state index contributed by atoms with van der Waals surface area (Å²) in [5.74, 6) is 0.345. The summed E-state index contributed by atoms with van der Waals surface area (Å²) >= 11 is 5.87. The van der Waals surface area contributed by atoms with E-state index in [9.17, 15) is 14.9 Å². The van der Waals surface area contributed by atoms with E-state index in [4.69, 9.17) is 26.8 Å². The Morgan fingerprint density at radius 2 is 1.96 bits per heavy atom. The van der Waals surface area contributed by atoms with Crippen LogP contribution in [0.4, 0.5) is 10.5 Å². The lowest BCUT2D eigenvalue weighted by molar-refractivity contribution is -0.385. The van der Waals surface area contributed by atoms with Crippen molar-refractivity contribution >= 4 is 23.4 Å². The van der Waals surface area contributed by atoms with Gasteiger partial charge in [0.2, 0.25) is 5.75 Å². The highest BCUT2D eigenvalue weighted by molar-refractivity contribution is 6.30. The van der Waals surface area contributed by atoms with Crippen LogP contribution in [-0.4, -0.2) is 11.0 Å². The molecule has 8 heteroatoms. The molecule has 0 heterocycles. The van der Waals surface area contributed by atoms with Crippen molar-refractivity contribution in [3.8, 4) is 11.5 Å². The highest BCUT2D eigenvalue weighted by Gasteiger charge is 2.25. The van der Waals surface area contributed by atoms with E-state index in [0.29, 0.717) is 16.3 Å². The molecule has 0 spiro atoms. The number of primary amides is 1. The summed E-state index contributed by atoms with van der Waals surface area (Å²) in [5.41, 5.74) is 4.49. The molecular weight excluding hydrogens is 336 g/mol. The Balaban J connectivity index is 2.36. The average Bonchev–Trinajstić information content (AvgIpc) is 2.46. The Morgan fingerprint density at radius 3 is 2.58 bits per heavy atom. The fraction of sp³-hybridized carbons (Fsp3) is 0.188. The molecule has 2 aromatic carbocycles. The highest BCUT2D eigenvalue weighted by atomic mass is 35.5. The molecule has 0 aliphatic rings. The van der Waals surface area contributed by atoms with Gasteiger partial charge in [0.05, 0.1) is 4.92 Å². The highest BCUT2D eigenvalue weighted by Crippen LogP contribution is 2.35. The van der Waals surface area contributed by atoms with E-state index in [2.05, 4.69) is 0 Å². The van der Waals surface area contributed by atoms with E-state index in [1.165, 1.54) is 18.2 Å². The number of carbonyl (C=O) groups is 1. The number of rotatable bonds is 5. The minimum absolute atomic E-state index is 0.0123. The Hall–Kier alpha value is -2.80. The van der Waals surface area contributed by atoms with Crippen LogP contribution in [0.3, 0.4) is 0 Å². The normalized spacial score (nSPS) is 11.0. The van der Waals surface area contributed by atoms with Gasteiger partial charge >= 0.3 is 11.8 Å². The number of ether oxygens (including phenoxy) is 2. The number of carbonyl (C=O) groups excluding carboxylic acids is 1. The molecule has 0 saturated carbocycles. The number of halogens is 1. The number of nitrogens with zero attached hydrogens (tertiary/aromatic N) is 1. The first-order chi connectivity index (χ1) is 11.2. The van der Waals surface area contributed by atoms with E-state index in [-0.39, 0.29) is 11.4 Å². The molecule has 126 valence electrons. The summed E-state index contributed by atoms with van der Waals surface area (Å²) in [4.78, 5) is 21.5. The number of amides is 1. The number of benzene rings is 2. The van der Waals surface area contributed by atoms with Gasteiger partial charge in [0.15, 0.2) is 0 Å². The van der Waals surface area contributed by atoms with E-state index < -0.39 is 16.6 Å². The van der Waals surface area contributed by atoms with Gasteiger partial charge in [-0.1, -0.05) is 23.7 Å². The van der Waals surface area contributed by atoms with Crippen molar-refractivity contribution in [3.05, 3.63) is 63.2 Å². The maximum absolute atomic E-state index is 11.1. The van der Waals surface area contributed by atoms with Crippen molar-refractivity contribution in [1.82, 2.24) is 0 Å². The second kappa shape index (κ2) is 6.76.